The van der Waals surface area contributed by atoms with Crippen molar-refractivity contribution in [1.29, 1.82) is 0 Å². The fourth-order valence-corrected chi connectivity index (χ4v) is 0.321. The van der Waals surface area contributed by atoms with Crippen LogP contribution in [0.15, 0.2) is 30.3 Å². The van der Waals surface area contributed by atoms with Crippen LogP contribution in [0.2, 0.25) is 0 Å². The van der Waals surface area contributed by atoms with Gasteiger partial charge in [0.15, 0.2) is 0 Å². The Balaban J connectivity index is -0.0000000719. The Morgan fingerprint density at radius 1 is 0.722 bits per heavy atom. The van der Waals surface area contributed by atoms with E-state index >= 15 is 0 Å². The molecule has 4 heteroatoms. The Kier molecular flexibility index (Phi) is 53.2. The third kappa shape index (κ3) is 55.9. The van der Waals surface area contributed by atoms with E-state index in [1.807, 2.05) is 51.1 Å². The van der Waals surface area contributed by atoms with Crippen LogP contribution in [0, 0.1) is 0 Å². The van der Waals surface area contributed by atoms with E-state index in [0.717, 1.165) is 19.6 Å². The molecule has 1 aromatic carbocycles. The molecule has 0 unspecified atom stereocenters. The van der Waals surface area contributed by atoms with E-state index < -0.39 is 0 Å². The summed E-state index contributed by atoms with van der Waals surface area (Å²) < 4.78 is 0. The molecule has 0 radical (unpaired) electrons. The molecule has 0 aliphatic rings. The van der Waals surface area contributed by atoms with Gasteiger partial charge in [-0.15, -0.1) is 0 Å². The molecule has 0 heterocycles. The van der Waals surface area contributed by atoms with Gasteiger partial charge in [-0.3, -0.25) is 0 Å². The molecule has 0 saturated heterocycles. The summed E-state index contributed by atoms with van der Waals surface area (Å²) in [7, 11) is 5.42. The second-order valence-electron chi connectivity index (χ2n) is 2.86. The van der Waals surface area contributed by atoms with Crippen molar-refractivity contribution in [3.8, 4) is 0 Å². The van der Waals surface area contributed by atoms with Gasteiger partial charge in [-0.05, 0) is 0 Å². The first-order chi connectivity index (χ1) is 8.24. The molecule has 0 N–H and O–H groups in total. The van der Waals surface area contributed by atoms with Crippen molar-refractivity contribution in [3.05, 3.63) is 46.3 Å². The van der Waals surface area contributed by atoms with E-state index in [0.29, 0.717) is 0 Å². The summed E-state index contributed by atoms with van der Waals surface area (Å²) in [5.41, 5.74) is 0. The molecule has 0 bridgehead atoms. The van der Waals surface area contributed by atoms with Gasteiger partial charge >= 0.3 is 26.2 Å². The van der Waals surface area contributed by atoms with Crippen LogP contribution in [0.25, 0.3) is 16.0 Å². The molecule has 0 amide bonds. The second kappa shape index (κ2) is 36.0. The van der Waals surface area contributed by atoms with Crippen LogP contribution in [0.5, 0.6) is 0 Å². The van der Waals surface area contributed by atoms with Crippen molar-refractivity contribution in [3.63, 3.8) is 0 Å². The summed E-state index contributed by atoms with van der Waals surface area (Å²) in [6.07, 6.45) is 0. The van der Waals surface area contributed by atoms with Crippen molar-refractivity contribution in [2.75, 3.05) is 40.8 Å². The molecule has 0 atom stereocenters. The zero-order valence-electron chi connectivity index (χ0n) is 12.8. The van der Waals surface area contributed by atoms with Gasteiger partial charge in [-0.2, -0.15) is 59.0 Å². The van der Waals surface area contributed by atoms with E-state index in [1.54, 1.807) is 21.1 Å². The molecule has 18 heavy (non-hydrogen) atoms. The number of nitrogens with zero attached hydrogens (tertiary/aromatic N) is 3. The van der Waals surface area contributed by atoms with Gasteiger partial charge in [-0.25, -0.2) is 12.1 Å². The summed E-state index contributed by atoms with van der Waals surface area (Å²) >= 11 is 0. The molecular weight excluding hydrogens is 301 g/mol. The first-order valence-corrected chi connectivity index (χ1v) is 6.08. The predicted molar refractivity (Wildman–Crippen MR) is 81.5 cm³/mol. The van der Waals surface area contributed by atoms with E-state index in [-0.39, 0.29) is 26.2 Å². The van der Waals surface area contributed by atoms with E-state index in [2.05, 4.69) is 16.0 Å². The van der Waals surface area contributed by atoms with Crippen molar-refractivity contribution in [1.82, 2.24) is 0 Å². The van der Waals surface area contributed by atoms with Crippen molar-refractivity contribution >= 4 is 0 Å². The van der Waals surface area contributed by atoms with Gasteiger partial charge in [0.25, 0.3) is 0 Å². The third-order valence-electron chi connectivity index (χ3n) is 1.50. The Hall–Kier alpha value is 0.113. The number of hydrogen-bond donors (Lipinski definition) is 0. The van der Waals surface area contributed by atoms with E-state index in [1.165, 1.54) is 0 Å². The Morgan fingerprint density at radius 2 is 0.944 bits per heavy atom. The van der Waals surface area contributed by atoms with Crippen LogP contribution >= 0.6 is 0 Å². The first-order valence-electron chi connectivity index (χ1n) is 6.08. The Labute approximate surface area is 134 Å². The summed E-state index contributed by atoms with van der Waals surface area (Å²) in [5, 5.41) is 11.2. The fourth-order valence-electron chi connectivity index (χ4n) is 0.321. The first kappa shape index (κ1) is 26.6. The minimum atomic E-state index is 0. The Bertz CT molecular complexity index is 123. The molecule has 0 fully saturated rings. The average molecular weight is 331 g/mol. The maximum Gasteiger partial charge on any atom is 4.00 e. The van der Waals surface area contributed by atoms with Crippen molar-refractivity contribution in [2.45, 2.75) is 20.8 Å². The molecule has 104 valence electrons. The van der Waals surface area contributed by atoms with Crippen LogP contribution in [0.4, 0.5) is 0 Å². The van der Waals surface area contributed by atoms with Gasteiger partial charge in [0.1, 0.15) is 0 Å². The van der Waals surface area contributed by atoms with Gasteiger partial charge in [0.2, 0.25) is 0 Å². The molecule has 0 spiro atoms. The standard InChI is InChI=1S/C5H5.3C3H8N.Zr/c1-2-4-5-3-1;3*1-3-4-2;/h1-5H;3*3H2,1-2H3;/q4*-1;+4. The Morgan fingerprint density at radius 3 is 1.00 bits per heavy atom. The maximum absolute atomic E-state index is 3.74. The van der Waals surface area contributed by atoms with E-state index in [9.17, 15) is 0 Å². The summed E-state index contributed by atoms with van der Waals surface area (Å²) in [6, 6.07) is 10.0. The SMILES string of the molecule is CC[N-]C.CC[N-]C.CC[N-]C.[Zr+4].c1cc[cH-]c1. The zero-order valence-corrected chi connectivity index (χ0v) is 15.3. The van der Waals surface area contributed by atoms with Crippen LogP contribution in [0.3, 0.4) is 0 Å². The summed E-state index contributed by atoms with van der Waals surface area (Å²) in [4.78, 5) is 0. The molecule has 0 aromatic heterocycles. The van der Waals surface area contributed by atoms with Crippen LogP contribution in [0.1, 0.15) is 20.8 Å². The van der Waals surface area contributed by atoms with Crippen molar-refractivity contribution in [2.24, 2.45) is 0 Å². The normalized spacial score (nSPS) is 7.22. The molecule has 0 aliphatic heterocycles. The molecule has 1 rings (SSSR count). The van der Waals surface area contributed by atoms with Gasteiger partial charge in [0, 0.05) is 0 Å². The summed E-state index contributed by atoms with van der Waals surface area (Å²) in [6.45, 7) is 8.88. The minimum Gasteiger partial charge on any atom is -0.665 e. The maximum atomic E-state index is 3.74. The van der Waals surface area contributed by atoms with Gasteiger partial charge in [-0.1, -0.05) is 20.8 Å². The topological polar surface area (TPSA) is 42.3 Å². The van der Waals surface area contributed by atoms with E-state index in [4.69, 9.17) is 0 Å². The number of hydrogen-bond acceptors (Lipinski definition) is 0. The monoisotopic (exact) mass is 329 g/mol. The predicted octanol–water partition coefficient (Wildman–Crippen LogP) is 4.43. The quantitative estimate of drug-likeness (QED) is 0.736. The molecular formula is C14H29N3Zr. The van der Waals surface area contributed by atoms with Crippen LogP contribution in [-0.2, 0) is 26.2 Å². The van der Waals surface area contributed by atoms with Crippen LogP contribution in [-0.4, -0.2) is 40.8 Å². The number of rotatable bonds is 3. The second-order valence-corrected chi connectivity index (χ2v) is 2.86. The molecule has 3 nitrogen and oxygen atoms in total. The molecule has 1 aromatic rings. The van der Waals surface area contributed by atoms with Crippen LogP contribution < -0.4 is 0 Å². The third-order valence-corrected chi connectivity index (χ3v) is 1.50. The molecule has 0 saturated carbocycles. The smallest absolute Gasteiger partial charge is 0.665 e. The average Bonchev–Trinajstić information content (AvgIpc) is 2.98. The van der Waals surface area contributed by atoms with Gasteiger partial charge in [0.05, 0.1) is 0 Å². The van der Waals surface area contributed by atoms with Crippen molar-refractivity contribution < 1.29 is 26.2 Å². The fraction of sp³-hybridized carbons (Fsp3) is 0.643. The zero-order chi connectivity index (χ0) is 13.8. The summed E-state index contributed by atoms with van der Waals surface area (Å²) in [5.74, 6) is 0. The van der Waals surface area contributed by atoms with Gasteiger partial charge < -0.3 is 16.0 Å². The minimum absolute atomic E-state index is 0. The molecule has 0 aliphatic carbocycles. The largest absolute Gasteiger partial charge is 4.00 e.